The Hall–Kier alpha value is -3.39. The molecule has 0 amide bonds. The molecular weight excluding hydrogens is 376 g/mol. The van der Waals surface area contributed by atoms with Crippen LogP contribution in [0.5, 0.6) is 11.5 Å². The summed E-state index contributed by atoms with van der Waals surface area (Å²) in [6, 6.07) is 8.89. The third kappa shape index (κ3) is 3.75. The first-order chi connectivity index (χ1) is 12.9. The maximum atomic E-state index is 12.1. The summed E-state index contributed by atoms with van der Waals surface area (Å²) in [7, 11) is 2.93. The van der Waals surface area contributed by atoms with E-state index < -0.39 is 10.9 Å². The second kappa shape index (κ2) is 7.46. The van der Waals surface area contributed by atoms with Crippen LogP contribution in [-0.4, -0.2) is 31.0 Å². The maximum Gasteiger partial charge on any atom is 0.363 e. The highest BCUT2D eigenvalue weighted by Crippen LogP contribution is 2.37. The van der Waals surface area contributed by atoms with Gasteiger partial charge >= 0.3 is 5.97 Å². The highest BCUT2D eigenvalue weighted by atomic mass is 35.5. The fourth-order valence-corrected chi connectivity index (χ4v) is 2.76. The molecule has 0 atom stereocenters. The van der Waals surface area contributed by atoms with Crippen LogP contribution in [0.3, 0.4) is 0 Å². The van der Waals surface area contributed by atoms with Gasteiger partial charge < -0.3 is 14.2 Å². The number of halogens is 1. The number of nitro benzene ring substituents is 1. The molecule has 0 saturated heterocycles. The Bertz CT molecular complexity index is 999. The molecule has 1 aliphatic rings. The van der Waals surface area contributed by atoms with E-state index in [0.717, 1.165) is 0 Å². The summed E-state index contributed by atoms with van der Waals surface area (Å²) in [5, 5.41) is 11.2. The number of non-ortho nitro benzene ring substituents is 1. The summed E-state index contributed by atoms with van der Waals surface area (Å²) in [6.45, 7) is 0. The summed E-state index contributed by atoms with van der Waals surface area (Å²) < 4.78 is 15.5. The molecular formula is C18H13ClN2O6. The summed E-state index contributed by atoms with van der Waals surface area (Å²) in [5.74, 6) is 0.0751. The molecule has 9 heteroatoms. The number of esters is 1. The molecule has 0 aliphatic carbocycles. The predicted molar refractivity (Wildman–Crippen MR) is 98.3 cm³/mol. The molecule has 2 aromatic carbocycles. The fourth-order valence-electron chi connectivity index (χ4n) is 2.46. The molecule has 2 aromatic rings. The van der Waals surface area contributed by atoms with Crippen molar-refractivity contribution in [3.8, 4) is 11.5 Å². The lowest BCUT2D eigenvalue weighted by Gasteiger charge is -2.10. The molecule has 8 nitrogen and oxygen atoms in total. The summed E-state index contributed by atoms with van der Waals surface area (Å²) in [4.78, 5) is 26.6. The fraction of sp³-hybridized carbons (Fsp3) is 0.111. The normalized spacial score (nSPS) is 14.7. The minimum Gasteiger partial charge on any atom is -0.493 e. The zero-order valence-electron chi connectivity index (χ0n) is 14.3. The molecule has 0 bridgehead atoms. The molecule has 27 heavy (non-hydrogen) atoms. The van der Waals surface area contributed by atoms with Gasteiger partial charge in [0.2, 0.25) is 5.90 Å². The first-order valence-corrected chi connectivity index (χ1v) is 7.99. The van der Waals surface area contributed by atoms with Gasteiger partial charge in [-0.25, -0.2) is 9.79 Å². The van der Waals surface area contributed by atoms with Crippen LogP contribution in [0.4, 0.5) is 5.69 Å². The van der Waals surface area contributed by atoms with E-state index in [0.29, 0.717) is 27.6 Å². The predicted octanol–water partition coefficient (Wildman–Crippen LogP) is 3.61. The number of nitro groups is 1. The molecule has 0 spiro atoms. The van der Waals surface area contributed by atoms with Crippen LogP contribution in [0.2, 0.25) is 5.02 Å². The van der Waals surface area contributed by atoms with E-state index in [9.17, 15) is 14.9 Å². The maximum absolute atomic E-state index is 12.1. The number of benzene rings is 2. The third-order valence-corrected chi connectivity index (χ3v) is 3.96. The highest BCUT2D eigenvalue weighted by Gasteiger charge is 2.25. The largest absolute Gasteiger partial charge is 0.493 e. The van der Waals surface area contributed by atoms with Crippen molar-refractivity contribution in [2.45, 2.75) is 0 Å². The standard InChI is InChI=1S/C18H13ClN2O6/c1-25-15-8-10(6-13(19)16(15)26-2)7-14-18(22)27-17(20-14)11-4-3-5-12(9-11)21(23)24/h3-9H,1-2H3/b14-7-. The Morgan fingerprint density at radius 2 is 2.00 bits per heavy atom. The Balaban J connectivity index is 1.98. The number of methoxy groups -OCH3 is 2. The first kappa shape index (κ1) is 18.4. The van der Waals surface area contributed by atoms with Crippen molar-refractivity contribution >= 4 is 35.2 Å². The lowest BCUT2D eigenvalue weighted by atomic mass is 10.1. The average molecular weight is 389 g/mol. The van der Waals surface area contributed by atoms with Gasteiger partial charge in [-0.05, 0) is 29.8 Å². The van der Waals surface area contributed by atoms with Gasteiger partial charge in [0.15, 0.2) is 17.2 Å². The smallest absolute Gasteiger partial charge is 0.363 e. The van der Waals surface area contributed by atoms with Gasteiger partial charge in [0.05, 0.1) is 24.2 Å². The van der Waals surface area contributed by atoms with Crippen molar-refractivity contribution in [1.29, 1.82) is 0 Å². The van der Waals surface area contributed by atoms with E-state index in [4.69, 9.17) is 25.8 Å². The van der Waals surface area contributed by atoms with Crippen molar-refractivity contribution in [3.05, 3.63) is 68.4 Å². The topological polar surface area (TPSA) is 100 Å². The molecule has 0 fully saturated rings. The Morgan fingerprint density at radius 1 is 1.22 bits per heavy atom. The van der Waals surface area contributed by atoms with Gasteiger partial charge in [-0.15, -0.1) is 0 Å². The van der Waals surface area contributed by atoms with Gasteiger partial charge in [0, 0.05) is 17.7 Å². The number of ether oxygens (including phenoxy) is 3. The molecule has 0 aromatic heterocycles. The number of nitrogens with zero attached hydrogens (tertiary/aromatic N) is 2. The van der Waals surface area contributed by atoms with E-state index in [-0.39, 0.29) is 17.3 Å². The lowest BCUT2D eigenvalue weighted by molar-refractivity contribution is -0.384. The van der Waals surface area contributed by atoms with Gasteiger partial charge in [-0.2, -0.15) is 0 Å². The quantitative estimate of drug-likeness (QED) is 0.335. The average Bonchev–Trinajstić information content (AvgIpc) is 3.01. The van der Waals surface area contributed by atoms with Crippen LogP contribution in [0.25, 0.3) is 6.08 Å². The van der Waals surface area contributed by atoms with Gasteiger partial charge in [-0.3, -0.25) is 10.1 Å². The van der Waals surface area contributed by atoms with Crippen LogP contribution in [-0.2, 0) is 9.53 Å². The second-order valence-electron chi connectivity index (χ2n) is 5.38. The van der Waals surface area contributed by atoms with E-state index >= 15 is 0 Å². The molecule has 138 valence electrons. The number of hydrogen-bond acceptors (Lipinski definition) is 7. The summed E-state index contributed by atoms with van der Waals surface area (Å²) in [6.07, 6.45) is 1.47. The van der Waals surface area contributed by atoms with Crippen LogP contribution in [0.1, 0.15) is 11.1 Å². The highest BCUT2D eigenvalue weighted by molar-refractivity contribution is 6.32. The van der Waals surface area contributed by atoms with Crippen molar-refractivity contribution < 1.29 is 23.9 Å². The number of rotatable bonds is 5. The minimum absolute atomic E-state index is 0.0125. The number of carbonyl (C=O) groups is 1. The number of cyclic esters (lactones) is 1. The zero-order chi connectivity index (χ0) is 19.6. The Kier molecular flexibility index (Phi) is 5.09. The number of carbonyl (C=O) groups excluding carboxylic acids is 1. The van der Waals surface area contributed by atoms with Crippen molar-refractivity contribution in [3.63, 3.8) is 0 Å². The van der Waals surface area contributed by atoms with Crippen LogP contribution < -0.4 is 9.47 Å². The molecule has 0 radical (unpaired) electrons. The van der Waals surface area contributed by atoms with E-state index in [1.165, 1.54) is 38.5 Å². The van der Waals surface area contributed by atoms with Crippen LogP contribution in [0.15, 0.2) is 47.1 Å². The minimum atomic E-state index is -0.678. The molecule has 0 saturated carbocycles. The van der Waals surface area contributed by atoms with Crippen LogP contribution in [0, 0.1) is 10.1 Å². The molecule has 1 aliphatic heterocycles. The van der Waals surface area contributed by atoms with E-state index in [1.807, 2.05) is 0 Å². The third-order valence-electron chi connectivity index (χ3n) is 3.68. The summed E-state index contributed by atoms with van der Waals surface area (Å²) >= 11 is 6.16. The van der Waals surface area contributed by atoms with Crippen LogP contribution >= 0.6 is 11.6 Å². The summed E-state index contributed by atoms with van der Waals surface area (Å²) in [5.41, 5.74) is 0.773. The molecule has 0 N–H and O–H groups in total. The number of aliphatic imine (C=N–C) groups is 1. The second-order valence-corrected chi connectivity index (χ2v) is 5.79. The van der Waals surface area contributed by atoms with Crippen molar-refractivity contribution in [2.75, 3.05) is 14.2 Å². The van der Waals surface area contributed by atoms with E-state index in [2.05, 4.69) is 4.99 Å². The molecule has 0 unspecified atom stereocenters. The van der Waals surface area contributed by atoms with Gasteiger partial charge in [0.1, 0.15) is 0 Å². The Morgan fingerprint density at radius 3 is 2.67 bits per heavy atom. The lowest BCUT2D eigenvalue weighted by Crippen LogP contribution is -2.05. The SMILES string of the molecule is COc1cc(/C=C2\N=C(c3cccc([N+](=O)[O-])c3)OC2=O)cc(Cl)c1OC. The zero-order valence-corrected chi connectivity index (χ0v) is 15.0. The molecule has 1 heterocycles. The van der Waals surface area contributed by atoms with E-state index in [1.54, 1.807) is 18.2 Å². The molecule has 3 rings (SSSR count). The van der Waals surface area contributed by atoms with Gasteiger partial charge in [-0.1, -0.05) is 17.7 Å². The van der Waals surface area contributed by atoms with Gasteiger partial charge in [0.25, 0.3) is 5.69 Å². The van der Waals surface area contributed by atoms with Crippen molar-refractivity contribution in [2.24, 2.45) is 4.99 Å². The van der Waals surface area contributed by atoms with Crippen molar-refractivity contribution in [1.82, 2.24) is 0 Å². The first-order valence-electron chi connectivity index (χ1n) is 7.62. The number of hydrogen-bond donors (Lipinski definition) is 0. The Labute approximate surface area is 158 Å². The monoisotopic (exact) mass is 388 g/mol.